The molecule has 518 valence electrons. The van der Waals surface area contributed by atoms with E-state index < -0.39 is 0 Å². The van der Waals surface area contributed by atoms with Crippen molar-refractivity contribution in [2.45, 2.75) is 127 Å². The molecule has 21 rings (SSSR count). The topological polar surface area (TPSA) is 18.5 Å². The van der Waals surface area contributed by atoms with Gasteiger partial charge in [-0.15, -0.1) is 11.8 Å². The molecule has 105 heavy (non-hydrogen) atoms. The summed E-state index contributed by atoms with van der Waals surface area (Å²) in [4.78, 5) is 7.11. The third kappa shape index (κ3) is 18.5. The minimum atomic E-state index is 0.688. The largest absolute Gasteiger partial charge is 0.489 e. The number of fused-ring (bicyclic) bond motifs is 14. The van der Waals surface area contributed by atoms with Crippen molar-refractivity contribution in [3.63, 3.8) is 0 Å². The van der Waals surface area contributed by atoms with Crippen LogP contribution in [0.3, 0.4) is 0 Å². The highest BCUT2D eigenvalue weighted by Crippen LogP contribution is 2.41. The second kappa shape index (κ2) is 35.5. The normalized spacial score (nSPS) is 13.7. The Hall–Kier alpha value is -10.3. The van der Waals surface area contributed by atoms with Crippen LogP contribution in [0.15, 0.2) is 364 Å². The molecule has 0 saturated heterocycles. The first-order valence-corrected chi connectivity index (χ1v) is 40.0. The van der Waals surface area contributed by atoms with Crippen LogP contribution in [-0.2, 0) is 102 Å². The number of rotatable bonds is 0. The Labute approximate surface area is 635 Å². The van der Waals surface area contributed by atoms with Gasteiger partial charge in [-0.2, -0.15) is 0 Å². The summed E-state index contributed by atoms with van der Waals surface area (Å²) in [6, 6.07) is 121. The zero-order valence-corrected chi connectivity index (χ0v) is 62.1. The fourth-order valence-corrected chi connectivity index (χ4v) is 18.3. The Balaban J connectivity index is 0.0000000984. The van der Waals surface area contributed by atoms with Crippen molar-refractivity contribution in [3.05, 3.63) is 451 Å². The van der Waals surface area contributed by atoms with E-state index in [0.29, 0.717) is 6.61 Å². The van der Waals surface area contributed by atoms with Crippen molar-refractivity contribution in [2.24, 2.45) is 0 Å². The lowest BCUT2D eigenvalue weighted by atomic mass is 9.86. The average Bonchev–Trinajstić information content (AvgIpc) is 1.23. The van der Waals surface area contributed by atoms with Crippen molar-refractivity contribution >= 4 is 35.3 Å². The lowest BCUT2D eigenvalue weighted by molar-refractivity contribution is 0.299. The van der Waals surface area contributed by atoms with E-state index in [-0.39, 0.29) is 0 Å². The van der Waals surface area contributed by atoms with Gasteiger partial charge in [-0.3, -0.25) is 0 Å². The van der Waals surface area contributed by atoms with Gasteiger partial charge in [-0.1, -0.05) is 315 Å². The van der Waals surface area contributed by atoms with Crippen molar-refractivity contribution in [1.82, 2.24) is 0 Å². The third-order valence-corrected chi connectivity index (χ3v) is 24.4. The molecule has 7 aliphatic rings. The number of benzene rings is 14. The standard InChI is InChI=1S/C16H16.C15H14O.C15H14S.C14H12S.C14H12.C13H10O.C13H10S/c1-2-6-14-11-12-16-8-4-3-7-15(16)10-9-13(14)5-1;2*1-2-7-14-11-16-15-8-4-3-6-13(15)10-9-12(14)5-1;1-3-7-13-11(5-1)9-10-12-6-2-4-8-14(12)15-13;1-2-6-12-10-14-8-4-3-7-13(14)9-11(12)5-1;2*1-3-7-12-10(5-1)9-11-6-2-4-8-13(11)14-12/h1-8H,9-12H2;2*1-8H,9-11H2;1-8H,9-10H2;1-8H,9-10H2;2*1-8H,9H2. The van der Waals surface area contributed by atoms with Gasteiger partial charge in [0.15, 0.2) is 0 Å². The maximum Gasteiger partial charge on any atom is 0.130 e. The van der Waals surface area contributed by atoms with Gasteiger partial charge in [0.1, 0.15) is 23.9 Å². The zero-order chi connectivity index (χ0) is 70.6. The predicted molar refractivity (Wildman–Crippen MR) is 441 cm³/mol. The second-order valence-electron chi connectivity index (χ2n) is 27.6. The van der Waals surface area contributed by atoms with Crippen LogP contribution in [0.25, 0.3) is 0 Å². The maximum absolute atomic E-state index is 5.85. The van der Waals surface area contributed by atoms with Crippen molar-refractivity contribution in [2.75, 3.05) is 0 Å². The number of thioether (sulfide) groups is 1. The number of hydrogen-bond acceptors (Lipinski definition) is 5. The average molecular weight is 1420 g/mol. The summed E-state index contributed by atoms with van der Waals surface area (Å²) in [6.07, 6.45) is 15.9. The number of ether oxygens (including phenoxy) is 2. The van der Waals surface area contributed by atoms with E-state index in [9.17, 15) is 0 Å². The van der Waals surface area contributed by atoms with Crippen LogP contribution in [0.4, 0.5) is 0 Å². The molecule has 0 amide bonds. The molecule has 0 bridgehead atoms. The molecule has 0 fully saturated rings. The highest BCUT2D eigenvalue weighted by Gasteiger charge is 2.19. The summed E-state index contributed by atoms with van der Waals surface area (Å²) < 4.78 is 11.6. The molecule has 5 heteroatoms. The van der Waals surface area contributed by atoms with Crippen LogP contribution in [0.1, 0.15) is 111 Å². The van der Waals surface area contributed by atoms with Crippen LogP contribution in [0.2, 0.25) is 0 Å². The molecule has 0 spiro atoms. The molecule has 0 N–H and O–H groups in total. The summed E-state index contributed by atoms with van der Waals surface area (Å²) in [7, 11) is 0. The molecule has 2 nitrogen and oxygen atoms in total. The lowest BCUT2D eigenvalue weighted by Gasteiger charge is -2.19. The van der Waals surface area contributed by atoms with E-state index in [1.165, 1.54) is 187 Å². The molecule has 14 aromatic carbocycles. The monoisotopic (exact) mass is 1420 g/mol. The predicted octanol–water partition coefficient (Wildman–Crippen LogP) is 25.3. The number of aryl methyl sites for hydroxylation is 10. The fraction of sp³-hybridized carbons (Fsp3) is 0.160. The summed E-state index contributed by atoms with van der Waals surface area (Å²) in [5.74, 6) is 4.13. The maximum atomic E-state index is 5.85. The first kappa shape index (κ1) is 70.4. The Bertz CT molecular complexity index is 4210. The van der Waals surface area contributed by atoms with Crippen molar-refractivity contribution < 1.29 is 9.47 Å². The second-order valence-corrected chi connectivity index (χ2v) is 30.7. The SMILES string of the molecule is c1ccc2c(c1)CCc1ccccc1CC2.c1ccc2c(c1)CCc1ccccc1OC2.c1ccc2c(c1)CCc1ccccc1S2.c1ccc2c(c1)CCc1ccccc1SC2.c1ccc2c(c1)Cc1ccccc1C2.c1ccc2c(c1)Cc1ccccc1O2.c1ccc2c(c1)Cc1ccccc1S2. The minimum absolute atomic E-state index is 0.688. The zero-order valence-electron chi connectivity index (χ0n) is 59.7. The quantitative estimate of drug-likeness (QED) is 0.150. The molecule has 0 aromatic heterocycles. The highest BCUT2D eigenvalue weighted by molar-refractivity contribution is 7.99. The molecule has 0 saturated carbocycles. The molecular weight excluding hydrogens is 1330 g/mol. The first-order chi connectivity index (χ1) is 52.0. The van der Waals surface area contributed by atoms with E-state index >= 15 is 0 Å². The smallest absolute Gasteiger partial charge is 0.130 e. The van der Waals surface area contributed by atoms with Crippen molar-refractivity contribution in [1.29, 1.82) is 0 Å². The van der Waals surface area contributed by atoms with Crippen LogP contribution in [0.5, 0.6) is 17.2 Å². The van der Waals surface area contributed by atoms with Gasteiger partial charge in [0.25, 0.3) is 0 Å². The summed E-state index contributed by atoms with van der Waals surface area (Å²) >= 11 is 5.75. The van der Waals surface area contributed by atoms with Crippen molar-refractivity contribution in [3.8, 4) is 17.2 Å². The number of hydrogen-bond donors (Lipinski definition) is 0. The Morgan fingerprint density at radius 1 is 0.171 bits per heavy atom. The van der Waals surface area contributed by atoms with Gasteiger partial charge >= 0.3 is 0 Å². The van der Waals surface area contributed by atoms with E-state index in [1.54, 1.807) is 0 Å². The Kier molecular flexibility index (Phi) is 23.8. The van der Waals surface area contributed by atoms with Gasteiger partial charge in [0.2, 0.25) is 0 Å². The molecule has 5 aliphatic heterocycles. The van der Waals surface area contributed by atoms with Crippen LogP contribution in [-0.4, -0.2) is 0 Å². The molecule has 0 unspecified atom stereocenters. The lowest BCUT2D eigenvalue weighted by Crippen LogP contribution is -2.07. The van der Waals surface area contributed by atoms with Gasteiger partial charge in [0, 0.05) is 36.7 Å². The molecule has 14 aromatic rings. The van der Waals surface area contributed by atoms with Crippen LogP contribution < -0.4 is 9.47 Å². The molecule has 5 heterocycles. The van der Waals surface area contributed by atoms with Gasteiger partial charge in [-0.05, 0) is 243 Å². The Morgan fingerprint density at radius 3 is 0.810 bits per heavy atom. The van der Waals surface area contributed by atoms with E-state index in [2.05, 4.69) is 309 Å². The molecule has 2 aliphatic carbocycles. The fourth-order valence-electron chi connectivity index (χ4n) is 14.9. The minimum Gasteiger partial charge on any atom is -0.489 e. The molecule has 0 atom stereocenters. The third-order valence-electron chi connectivity index (χ3n) is 20.8. The van der Waals surface area contributed by atoms with Gasteiger partial charge < -0.3 is 9.47 Å². The Morgan fingerprint density at radius 2 is 0.400 bits per heavy atom. The number of para-hydroxylation sites is 3. The summed E-state index contributed by atoms with van der Waals surface area (Å²) in [5.41, 5.74) is 29.1. The first-order valence-electron chi connectivity index (χ1n) is 37.4. The van der Waals surface area contributed by atoms with Crippen LogP contribution >= 0.6 is 35.3 Å². The van der Waals surface area contributed by atoms with E-state index in [1.807, 2.05) is 65.6 Å². The summed E-state index contributed by atoms with van der Waals surface area (Å²) in [6.45, 7) is 0.688. The van der Waals surface area contributed by atoms with Crippen LogP contribution in [0, 0.1) is 0 Å². The van der Waals surface area contributed by atoms with Gasteiger partial charge in [0.05, 0.1) is 0 Å². The summed E-state index contributed by atoms with van der Waals surface area (Å²) in [5, 5.41) is 0. The molecule has 0 radical (unpaired) electrons. The van der Waals surface area contributed by atoms with Gasteiger partial charge in [-0.25, -0.2) is 0 Å². The molecular formula is C100H88O2S3. The van der Waals surface area contributed by atoms with E-state index in [0.717, 1.165) is 61.5 Å². The highest BCUT2D eigenvalue weighted by atomic mass is 32.2. The van der Waals surface area contributed by atoms with E-state index in [4.69, 9.17) is 9.47 Å².